The van der Waals surface area contributed by atoms with Crippen LogP contribution in [0.15, 0.2) is 42.7 Å². The topological polar surface area (TPSA) is 58.1 Å². The molecule has 0 aromatic carbocycles. The third-order valence-electron chi connectivity index (χ3n) is 5.69. The minimum atomic E-state index is -0.0333. The van der Waals surface area contributed by atoms with Crippen molar-refractivity contribution >= 4 is 17.7 Å². The van der Waals surface area contributed by atoms with Gasteiger partial charge in [0.05, 0.1) is 0 Å². The van der Waals surface area contributed by atoms with Crippen LogP contribution in [0.2, 0.25) is 0 Å². The first-order valence-corrected chi connectivity index (χ1v) is 9.66. The first kappa shape index (κ1) is 17.7. The van der Waals surface area contributed by atoms with Crippen LogP contribution in [0.25, 0.3) is 6.08 Å². The van der Waals surface area contributed by atoms with Gasteiger partial charge in [-0.2, -0.15) is 0 Å². The molecule has 27 heavy (non-hydrogen) atoms. The second kappa shape index (κ2) is 7.51. The number of piperidine rings is 1. The standard InChI is InChI=1S/C22H26N4O/c1-15-10-18(11-16(2)25-15)26-13-20-19(21(20)14-26)7-9-24-22(27)6-5-17-4-3-8-23-12-17/h3-6,8,10-12,19-21H,7,9,13-14H2,1-2H3,(H,24,27)/b6-5+. The van der Waals surface area contributed by atoms with Crippen LogP contribution in [-0.4, -0.2) is 35.5 Å². The van der Waals surface area contributed by atoms with E-state index in [0.29, 0.717) is 0 Å². The fourth-order valence-corrected chi connectivity index (χ4v) is 4.35. The van der Waals surface area contributed by atoms with Gasteiger partial charge >= 0.3 is 0 Å². The predicted octanol–water partition coefficient (Wildman–Crippen LogP) is 3.00. The van der Waals surface area contributed by atoms with Gasteiger partial charge in [-0.15, -0.1) is 0 Å². The number of amides is 1. The van der Waals surface area contributed by atoms with Crippen molar-refractivity contribution in [3.05, 3.63) is 59.7 Å². The molecular formula is C22H26N4O. The number of nitrogens with one attached hydrogen (secondary N) is 1. The van der Waals surface area contributed by atoms with Crippen molar-refractivity contribution in [3.8, 4) is 0 Å². The Hall–Kier alpha value is -2.69. The second-order valence-corrected chi connectivity index (χ2v) is 7.70. The number of pyridine rings is 2. The molecule has 5 heteroatoms. The third-order valence-corrected chi connectivity index (χ3v) is 5.69. The van der Waals surface area contributed by atoms with Crippen molar-refractivity contribution in [2.24, 2.45) is 17.8 Å². The summed E-state index contributed by atoms with van der Waals surface area (Å²) in [4.78, 5) is 22.9. The Morgan fingerprint density at radius 2 is 2.00 bits per heavy atom. The molecule has 0 radical (unpaired) electrons. The van der Waals surface area contributed by atoms with E-state index in [4.69, 9.17) is 0 Å². The maximum Gasteiger partial charge on any atom is 0.244 e. The average Bonchev–Trinajstić information content (AvgIpc) is 3.10. The first-order chi connectivity index (χ1) is 13.1. The number of anilines is 1. The van der Waals surface area contributed by atoms with E-state index in [1.54, 1.807) is 24.5 Å². The third kappa shape index (κ3) is 4.18. The SMILES string of the molecule is Cc1cc(N2CC3C(CCNC(=O)/C=C/c4cccnc4)C3C2)cc(C)n1. The van der Waals surface area contributed by atoms with Crippen molar-refractivity contribution in [2.75, 3.05) is 24.5 Å². The summed E-state index contributed by atoms with van der Waals surface area (Å²) in [6, 6.07) is 8.16. The molecule has 5 nitrogen and oxygen atoms in total. The van der Waals surface area contributed by atoms with E-state index in [1.165, 1.54) is 5.69 Å². The largest absolute Gasteiger partial charge is 0.371 e. The first-order valence-electron chi connectivity index (χ1n) is 9.66. The maximum atomic E-state index is 11.9. The highest BCUT2D eigenvalue weighted by molar-refractivity contribution is 5.91. The Kier molecular flexibility index (Phi) is 4.92. The van der Waals surface area contributed by atoms with Crippen LogP contribution in [-0.2, 0) is 4.79 Å². The van der Waals surface area contributed by atoms with E-state index >= 15 is 0 Å². The minimum Gasteiger partial charge on any atom is -0.371 e. The number of rotatable bonds is 6. The Balaban J connectivity index is 1.19. The Morgan fingerprint density at radius 1 is 1.26 bits per heavy atom. The van der Waals surface area contributed by atoms with Crippen molar-refractivity contribution in [3.63, 3.8) is 0 Å². The van der Waals surface area contributed by atoms with Gasteiger partial charge < -0.3 is 10.2 Å². The summed E-state index contributed by atoms with van der Waals surface area (Å²) < 4.78 is 0. The lowest BCUT2D eigenvalue weighted by molar-refractivity contribution is -0.116. The Morgan fingerprint density at radius 3 is 2.67 bits per heavy atom. The molecule has 1 amide bonds. The fraction of sp³-hybridized carbons (Fsp3) is 0.409. The molecule has 2 atom stereocenters. The maximum absolute atomic E-state index is 11.9. The van der Waals surface area contributed by atoms with Gasteiger partial charge in [0.1, 0.15) is 0 Å². The molecule has 3 heterocycles. The lowest BCUT2D eigenvalue weighted by atomic mass is 10.1. The van der Waals surface area contributed by atoms with E-state index < -0.39 is 0 Å². The zero-order valence-corrected chi connectivity index (χ0v) is 15.9. The number of aryl methyl sites for hydroxylation is 2. The molecule has 2 fully saturated rings. The summed E-state index contributed by atoms with van der Waals surface area (Å²) in [5, 5.41) is 3.00. The van der Waals surface area contributed by atoms with Gasteiger partial charge in [-0.3, -0.25) is 14.8 Å². The number of aromatic nitrogens is 2. The zero-order valence-electron chi connectivity index (χ0n) is 15.9. The molecule has 1 saturated carbocycles. The lowest BCUT2D eigenvalue weighted by Gasteiger charge is -2.22. The number of nitrogens with zero attached hydrogens (tertiary/aromatic N) is 3. The monoisotopic (exact) mass is 362 g/mol. The number of fused-ring (bicyclic) bond motifs is 1. The number of carbonyl (C=O) groups excluding carboxylic acids is 1. The molecule has 1 N–H and O–H groups in total. The fourth-order valence-electron chi connectivity index (χ4n) is 4.35. The summed E-state index contributed by atoms with van der Waals surface area (Å²) in [7, 11) is 0. The predicted molar refractivity (Wildman–Crippen MR) is 107 cm³/mol. The van der Waals surface area contributed by atoms with Gasteiger partial charge in [-0.05, 0) is 67.9 Å². The summed E-state index contributed by atoms with van der Waals surface area (Å²) in [5.74, 6) is 2.28. The van der Waals surface area contributed by atoms with Crippen LogP contribution < -0.4 is 10.2 Å². The molecule has 2 aromatic heterocycles. The zero-order chi connectivity index (χ0) is 18.8. The van der Waals surface area contributed by atoms with Crippen LogP contribution in [0.4, 0.5) is 5.69 Å². The normalized spacial score (nSPS) is 23.5. The summed E-state index contributed by atoms with van der Waals surface area (Å²) in [5.41, 5.74) is 4.42. The van der Waals surface area contributed by atoms with Gasteiger partial charge in [-0.25, -0.2) is 0 Å². The van der Waals surface area contributed by atoms with Crippen LogP contribution in [0.3, 0.4) is 0 Å². The summed E-state index contributed by atoms with van der Waals surface area (Å²) in [6.07, 6.45) is 7.92. The molecule has 140 valence electrons. The van der Waals surface area contributed by atoms with Crippen molar-refractivity contribution in [1.82, 2.24) is 15.3 Å². The number of hydrogen-bond donors (Lipinski definition) is 1. The van der Waals surface area contributed by atoms with Crippen molar-refractivity contribution < 1.29 is 4.79 Å². The summed E-state index contributed by atoms with van der Waals surface area (Å²) >= 11 is 0. The highest BCUT2D eigenvalue weighted by Crippen LogP contribution is 2.54. The van der Waals surface area contributed by atoms with Crippen LogP contribution in [0.1, 0.15) is 23.4 Å². The molecule has 4 rings (SSSR count). The van der Waals surface area contributed by atoms with E-state index in [2.05, 4.69) is 46.2 Å². The van der Waals surface area contributed by atoms with Crippen molar-refractivity contribution in [2.45, 2.75) is 20.3 Å². The van der Waals surface area contributed by atoms with Gasteiger partial charge in [0.25, 0.3) is 0 Å². The van der Waals surface area contributed by atoms with Gasteiger partial charge in [-0.1, -0.05) is 6.07 Å². The number of hydrogen-bond acceptors (Lipinski definition) is 4. The van der Waals surface area contributed by atoms with Crippen LogP contribution in [0, 0.1) is 31.6 Å². The van der Waals surface area contributed by atoms with Gasteiger partial charge in [0, 0.05) is 55.2 Å². The summed E-state index contributed by atoms with van der Waals surface area (Å²) in [6.45, 7) is 7.13. The Bertz CT molecular complexity index is 816. The van der Waals surface area contributed by atoms with E-state index in [0.717, 1.165) is 60.8 Å². The second-order valence-electron chi connectivity index (χ2n) is 7.70. The van der Waals surface area contributed by atoms with Gasteiger partial charge in [0.2, 0.25) is 5.91 Å². The van der Waals surface area contributed by atoms with Gasteiger partial charge in [0.15, 0.2) is 0 Å². The smallest absolute Gasteiger partial charge is 0.244 e. The van der Waals surface area contributed by atoms with E-state index in [9.17, 15) is 4.79 Å². The van der Waals surface area contributed by atoms with E-state index in [-0.39, 0.29) is 5.91 Å². The highest BCUT2D eigenvalue weighted by Gasteiger charge is 2.54. The quantitative estimate of drug-likeness (QED) is 0.803. The molecule has 2 aromatic rings. The highest BCUT2D eigenvalue weighted by atomic mass is 16.1. The van der Waals surface area contributed by atoms with Crippen molar-refractivity contribution in [1.29, 1.82) is 0 Å². The Labute approximate surface area is 160 Å². The molecule has 1 saturated heterocycles. The molecule has 0 bridgehead atoms. The molecule has 1 aliphatic carbocycles. The molecule has 2 aliphatic rings. The van der Waals surface area contributed by atoms with Crippen LogP contribution in [0.5, 0.6) is 0 Å². The van der Waals surface area contributed by atoms with Crippen LogP contribution >= 0.6 is 0 Å². The molecule has 1 aliphatic heterocycles. The van der Waals surface area contributed by atoms with E-state index in [1.807, 2.05) is 12.1 Å². The number of carbonyl (C=O) groups is 1. The molecule has 2 unspecified atom stereocenters. The lowest BCUT2D eigenvalue weighted by Crippen LogP contribution is -2.26. The molecule has 0 spiro atoms. The average molecular weight is 362 g/mol. The minimum absolute atomic E-state index is 0.0333. The molecular weight excluding hydrogens is 336 g/mol.